The fourth-order valence-electron chi connectivity index (χ4n) is 4.11. The van der Waals surface area contributed by atoms with Crippen molar-refractivity contribution >= 4 is 0 Å². The summed E-state index contributed by atoms with van der Waals surface area (Å²) in [5.74, 6) is 1.53. The SMILES string of the molecule is CCCCCCCCCC1(O)CC2CCC1C2. The van der Waals surface area contributed by atoms with Crippen LogP contribution < -0.4 is 0 Å². The number of aliphatic hydroxyl groups is 1. The van der Waals surface area contributed by atoms with Gasteiger partial charge in [-0.3, -0.25) is 0 Å². The number of rotatable bonds is 8. The van der Waals surface area contributed by atoms with E-state index in [0.29, 0.717) is 5.92 Å². The molecule has 2 aliphatic rings. The molecule has 0 aliphatic heterocycles. The van der Waals surface area contributed by atoms with Gasteiger partial charge < -0.3 is 5.11 Å². The van der Waals surface area contributed by atoms with Crippen LogP contribution in [-0.2, 0) is 0 Å². The number of hydrogen-bond donors (Lipinski definition) is 1. The average molecular weight is 238 g/mol. The highest BCUT2D eigenvalue weighted by molar-refractivity contribution is 5.00. The minimum Gasteiger partial charge on any atom is -0.390 e. The molecule has 17 heavy (non-hydrogen) atoms. The predicted octanol–water partition coefficient (Wildman–Crippen LogP) is 4.68. The van der Waals surface area contributed by atoms with Crippen molar-refractivity contribution in [3.05, 3.63) is 0 Å². The Balaban J connectivity index is 1.53. The topological polar surface area (TPSA) is 20.2 Å². The molecule has 0 radical (unpaired) electrons. The molecule has 1 nitrogen and oxygen atoms in total. The van der Waals surface area contributed by atoms with Crippen molar-refractivity contribution in [1.29, 1.82) is 0 Å². The largest absolute Gasteiger partial charge is 0.390 e. The third-order valence-corrected chi connectivity index (χ3v) is 5.16. The lowest BCUT2D eigenvalue weighted by molar-refractivity contribution is -0.0225. The molecule has 2 saturated carbocycles. The van der Waals surface area contributed by atoms with E-state index in [2.05, 4.69) is 6.92 Å². The minimum absolute atomic E-state index is 0.244. The van der Waals surface area contributed by atoms with Gasteiger partial charge in [-0.1, -0.05) is 51.9 Å². The van der Waals surface area contributed by atoms with Crippen LogP contribution in [0.25, 0.3) is 0 Å². The Bertz CT molecular complexity index is 226. The van der Waals surface area contributed by atoms with Crippen LogP contribution >= 0.6 is 0 Å². The second kappa shape index (κ2) is 6.22. The zero-order valence-electron chi connectivity index (χ0n) is 11.6. The van der Waals surface area contributed by atoms with Crippen LogP contribution in [0.5, 0.6) is 0 Å². The first kappa shape index (κ1) is 13.4. The zero-order chi connectivity index (χ0) is 12.1. The summed E-state index contributed by atoms with van der Waals surface area (Å²) in [7, 11) is 0. The molecule has 0 aromatic heterocycles. The maximum absolute atomic E-state index is 10.6. The summed E-state index contributed by atoms with van der Waals surface area (Å²) in [6.45, 7) is 2.27. The summed E-state index contributed by atoms with van der Waals surface area (Å²) < 4.78 is 0. The van der Waals surface area contributed by atoms with Crippen molar-refractivity contribution in [1.82, 2.24) is 0 Å². The van der Waals surface area contributed by atoms with E-state index in [1.807, 2.05) is 0 Å². The first-order valence-electron chi connectivity index (χ1n) is 7.97. The summed E-state index contributed by atoms with van der Waals surface area (Å²) in [4.78, 5) is 0. The highest BCUT2D eigenvalue weighted by atomic mass is 16.3. The Kier molecular flexibility index (Phi) is 4.90. The molecular weight excluding hydrogens is 208 g/mol. The lowest BCUT2D eigenvalue weighted by Crippen LogP contribution is -2.34. The molecule has 1 N–H and O–H groups in total. The van der Waals surface area contributed by atoms with Gasteiger partial charge in [-0.05, 0) is 43.9 Å². The molecule has 0 aromatic rings. The van der Waals surface area contributed by atoms with Gasteiger partial charge in [0.05, 0.1) is 5.60 Å². The molecule has 1 heteroatoms. The molecule has 2 bridgehead atoms. The Hall–Kier alpha value is -0.0400. The van der Waals surface area contributed by atoms with Gasteiger partial charge in [0.15, 0.2) is 0 Å². The number of unbranched alkanes of at least 4 members (excludes halogenated alkanes) is 6. The van der Waals surface area contributed by atoms with E-state index in [1.54, 1.807) is 0 Å². The van der Waals surface area contributed by atoms with Crippen LogP contribution in [0.2, 0.25) is 0 Å². The quantitative estimate of drug-likeness (QED) is 0.609. The van der Waals surface area contributed by atoms with E-state index in [1.165, 1.54) is 64.2 Å². The number of fused-ring (bicyclic) bond motifs is 2. The Labute approximate surface area is 107 Å². The molecule has 0 saturated heterocycles. The van der Waals surface area contributed by atoms with Gasteiger partial charge in [0, 0.05) is 0 Å². The summed E-state index contributed by atoms with van der Waals surface area (Å²) >= 11 is 0. The van der Waals surface area contributed by atoms with E-state index in [4.69, 9.17) is 0 Å². The highest BCUT2D eigenvalue weighted by Crippen LogP contribution is 2.52. The Morgan fingerprint density at radius 2 is 1.71 bits per heavy atom. The second-order valence-corrected chi connectivity index (χ2v) is 6.56. The highest BCUT2D eigenvalue weighted by Gasteiger charge is 2.49. The van der Waals surface area contributed by atoms with Crippen molar-refractivity contribution in [3.8, 4) is 0 Å². The fraction of sp³-hybridized carbons (Fsp3) is 1.00. The van der Waals surface area contributed by atoms with Crippen molar-refractivity contribution in [3.63, 3.8) is 0 Å². The Morgan fingerprint density at radius 3 is 2.29 bits per heavy atom. The maximum atomic E-state index is 10.6. The standard InChI is InChI=1S/C16H30O/c1-2-3-4-5-6-7-8-11-16(17)13-14-9-10-15(16)12-14/h14-15,17H,2-13H2,1H3. The van der Waals surface area contributed by atoms with Crippen LogP contribution in [0.15, 0.2) is 0 Å². The third-order valence-electron chi connectivity index (χ3n) is 5.16. The van der Waals surface area contributed by atoms with E-state index in [-0.39, 0.29) is 5.60 Å². The molecule has 0 amide bonds. The van der Waals surface area contributed by atoms with Gasteiger partial charge >= 0.3 is 0 Å². The van der Waals surface area contributed by atoms with Gasteiger partial charge in [-0.15, -0.1) is 0 Å². The van der Waals surface area contributed by atoms with Gasteiger partial charge in [0.25, 0.3) is 0 Å². The van der Waals surface area contributed by atoms with Gasteiger partial charge in [0.2, 0.25) is 0 Å². The molecule has 3 atom stereocenters. The molecule has 2 rings (SSSR count). The predicted molar refractivity (Wildman–Crippen MR) is 73.0 cm³/mol. The molecule has 3 unspecified atom stereocenters. The molecule has 0 spiro atoms. The van der Waals surface area contributed by atoms with Crippen molar-refractivity contribution < 1.29 is 5.11 Å². The number of hydrogen-bond acceptors (Lipinski definition) is 1. The minimum atomic E-state index is -0.244. The first-order valence-corrected chi connectivity index (χ1v) is 7.97. The van der Waals surface area contributed by atoms with E-state index in [9.17, 15) is 5.11 Å². The molecule has 0 heterocycles. The Morgan fingerprint density at radius 1 is 1.00 bits per heavy atom. The molecular formula is C16H30O. The lowest BCUT2D eigenvalue weighted by Gasteiger charge is -2.32. The molecule has 2 aliphatic carbocycles. The van der Waals surface area contributed by atoms with Crippen LogP contribution in [0, 0.1) is 11.8 Å². The van der Waals surface area contributed by atoms with Crippen LogP contribution in [-0.4, -0.2) is 10.7 Å². The van der Waals surface area contributed by atoms with Crippen LogP contribution in [0.4, 0.5) is 0 Å². The van der Waals surface area contributed by atoms with Gasteiger partial charge in [-0.25, -0.2) is 0 Å². The summed E-state index contributed by atoms with van der Waals surface area (Å²) in [6, 6.07) is 0. The normalized spacial score (nSPS) is 35.6. The van der Waals surface area contributed by atoms with Crippen LogP contribution in [0.3, 0.4) is 0 Å². The molecule has 100 valence electrons. The van der Waals surface area contributed by atoms with Crippen molar-refractivity contribution in [2.75, 3.05) is 0 Å². The summed E-state index contributed by atoms with van der Waals surface area (Å²) in [5, 5.41) is 10.6. The summed E-state index contributed by atoms with van der Waals surface area (Å²) in [5.41, 5.74) is -0.244. The van der Waals surface area contributed by atoms with Gasteiger partial charge in [0.1, 0.15) is 0 Å². The lowest BCUT2D eigenvalue weighted by atomic mass is 9.80. The van der Waals surface area contributed by atoms with E-state index in [0.717, 1.165) is 18.8 Å². The van der Waals surface area contributed by atoms with Crippen LogP contribution in [0.1, 0.15) is 84.0 Å². The van der Waals surface area contributed by atoms with Crippen molar-refractivity contribution in [2.45, 2.75) is 89.6 Å². The third kappa shape index (κ3) is 3.47. The van der Waals surface area contributed by atoms with Crippen molar-refractivity contribution in [2.24, 2.45) is 11.8 Å². The zero-order valence-corrected chi connectivity index (χ0v) is 11.6. The first-order chi connectivity index (χ1) is 8.24. The maximum Gasteiger partial charge on any atom is 0.0678 e. The fourth-order valence-corrected chi connectivity index (χ4v) is 4.11. The van der Waals surface area contributed by atoms with E-state index >= 15 is 0 Å². The monoisotopic (exact) mass is 238 g/mol. The average Bonchev–Trinajstić information content (AvgIpc) is 2.88. The molecule has 2 fully saturated rings. The smallest absolute Gasteiger partial charge is 0.0678 e. The second-order valence-electron chi connectivity index (χ2n) is 6.56. The van der Waals surface area contributed by atoms with Gasteiger partial charge in [-0.2, -0.15) is 0 Å². The van der Waals surface area contributed by atoms with E-state index < -0.39 is 0 Å². The molecule has 0 aromatic carbocycles. The summed E-state index contributed by atoms with van der Waals surface area (Å²) in [6.07, 6.45) is 15.7.